The molecule has 0 aliphatic heterocycles. The lowest BCUT2D eigenvalue weighted by Crippen LogP contribution is -2.19. The van der Waals surface area contributed by atoms with Crippen molar-refractivity contribution >= 4 is 55.5 Å². The Balaban J connectivity index is 2.52. The molecule has 0 aliphatic rings. The highest BCUT2D eigenvalue weighted by molar-refractivity contribution is 9.11. The number of rotatable bonds is 4. The number of allylic oxidation sites excluding steroid dienone is 1. The van der Waals surface area contributed by atoms with Crippen LogP contribution in [0, 0.1) is 0 Å². The molecule has 0 heterocycles. The molecule has 11 heteroatoms. The fraction of sp³-hybridized carbons (Fsp3) is 0.167. The first-order valence-corrected chi connectivity index (χ1v) is 9.52. The van der Waals surface area contributed by atoms with Crippen molar-refractivity contribution in [3.05, 3.63) is 72.6 Å². The van der Waals surface area contributed by atoms with Gasteiger partial charge in [0.25, 0.3) is 0 Å². The Hall–Kier alpha value is -1.52. The average molecular weight is 567 g/mol. The maximum Gasteiger partial charge on any atom is 0.417 e. The highest BCUT2D eigenvalue weighted by Crippen LogP contribution is 2.41. The van der Waals surface area contributed by atoms with Crippen LogP contribution in [0.5, 0.6) is 0 Å². The predicted molar refractivity (Wildman–Crippen MR) is 103 cm³/mol. The van der Waals surface area contributed by atoms with Crippen molar-refractivity contribution in [3.63, 3.8) is 0 Å². The van der Waals surface area contributed by atoms with Gasteiger partial charge in [0.2, 0.25) is 0 Å². The standard InChI is InChI=1S/C18H9Br2ClF6O2/c19-13-6-9(7-14(20)15(13)21)11(17(22,23)24)4-2-8-1-3-10(16(28)29)12(5-8)18(25,26)27/h1-7,11H,(H,28,29)/b4-2+. The van der Waals surface area contributed by atoms with Gasteiger partial charge >= 0.3 is 18.3 Å². The first-order valence-electron chi connectivity index (χ1n) is 7.55. The smallest absolute Gasteiger partial charge is 0.417 e. The van der Waals surface area contributed by atoms with E-state index in [4.69, 9.17) is 16.7 Å². The largest absolute Gasteiger partial charge is 0.478 e. The molecule has 0 aliphatic carbocycles. The van der Waals surface area contributed by atoms with Crippen molar-refractivity contribution in [1.29, 1.82) is 0 Å². The molecule has 1 N–H and O–H groups in total. The van der Waals surface area contributed by atoms with E-state index in [-0.39, 0.29) is 25.1 Å². The van der Waals surface area contributed by atoms with E-state index < -0.39 is 35.4 Å². The Bertz CT molecular complexity index is 947. The Labute approximate surface area is 182 Å². The number of carboxylic acids is 1. The molecule has 0 aromatic heterocycles. The molecule has 2 nitrogen and oxygen atoms in total. The summed E-state index contributed by atoms with van der Waals surface area (Å²) < 4.78 is 80.3. The van der Waals surface area contributed by atoms with Crippen molar-refractivity contribution in [2.75, 3.05) is 0 Å². The monoisotopic (exact) mass is 564 g/mol. The van der Waals surface area contributed by atoms with Gasteiger partial charge in [0.1, 0.15) is 0 Å². The van der Waals surface area contributed by atoms with Crippen LogP contribution in [-0.2, 0) is 6.18 Å². The summed E-state index contributed by atoms with van der Waals surface area (Å²) in [7, 11) is 0. The van der Waals surface area contributed by atoms with Gasteiger partial charge in [-0.25, -0.2) is 4.79 Å². The third-order valence-electron chi connectivity index (χ3n) is 3.78. The Morgan fingerprint density at radius 1 is 1.03 bits per heavy atom. The van der Waals surface area contributed by atoms with Crippen molar-refractivity contribution < 1.29 is 36.2 Å². The highest BCUT2D eigenvalue weighted by Gasteiger charge is 2.39. The summed E-state index contributed by atoms with van der Waals surface area (Å²) in [5, 5.41) is 9.05. The molecule has 2 aromatic rings. The third-order valence-corrected chi connectivity index (χ3v) is 5.89. The van der Waals surface area contributed by atoms with Gasteiger partial charge in [-0.1, -0.05) is 29.8 Å². The van der Waals surface area contributed by atoms with E-state index in [1.54, 1.807) is 0 Å². The predicted octanol–water partition coefficient (Wildman–Crippen LogP) is 7.94. The van der Waals surface area contributed by atoms with Crippen LogP contribution in [0.2, 0.25) is 5.02 Å². The van der Waals surface area contributed by atoms with Gasteiger partial charge < -0.3 is 5.11 Å². The molecule has 0 fully saturated rings. The van der Waals surface area contributed by atoms with E-state index in [9.17, 15) is 31.1 Å². The molecule has 0 bridgehead atoms. The van der Waals surface area contributed by atoms with Gasteiger partial charge in [-0.3, -0.25) is 0 Å². The summed E-state index contributed by atoms with van der Waals surface area (Å²) in [4.78, 5) is 11.0. The number of carbonyl (C=O) groups is 1. The molecule has 0 saturated heterocycles. The van der Waals surface area contributed by atoms with E-state index in [1.807, 2.05) is 0 Å². The molecule has 1 atom stereocenters. The van der Waals surface area contributed by atoms with Crippen LogP contribution in [-0.4, -0.2) is 17.3 Å². The minimum absolute atomic E-state index is 0.165. The summed E-state index contributed by atoms with van der Waals surface area (Å²) in [5.74, 6) is -3.93. The van der Waals surface area contributed by atoms with E-state index in [1.165, 1.54) is 0 Å². The number of carboxylic acid groups (broad SMARTS) is 1. The summed E-state index contributed by atoms with van der Waals surface area (Å²) in [5.41, 5.74) is -2.88. The van der Waals surface area contributed by atoms with Gasteiger partial charge in [0.15, 0.2) is 0 Å². The van der Waals surface area contributed by atoms with Crippen LogP contribution in [0.15, 0.2) is 45.4 Å². The first kappa shape index (κ1) is 23.8. The van der Waals surface area contributed by atoms with Crippen LogP contribution in [0.25, 0.3) is 6.08 Å². The molecule has 1 unspecified atom stereocenters. The second-order valence-electron chi connectivity index (χ2n) is 5.78. The first-order chi connectivity index (χ1) is 13.2. The quantitative estimate of drug-likeness (QED) is 0.301. The molecule has 2 rings (SSSR count). The molecule has 2 aromatic carbocycles. The normalized spacial score (nSPS) is 13.7. The highest BCUT2D eigenvalue weighted by atomic mass is 79.9. The summed E-state index contributed by atoms with van der Waals surface area (Å²) >= 11 is 12.0. The van der Waals surface area contributed by atoms with Gasteiger partial charge in [-0.15, -0.1) is 0 Å². The molecule has 0 amide bonds. The number of aromatic carboxylic acids is 1. The molecule has 29 heavy (non-hydrogen) atoms. The number of alkyl halides is 6. The summed E-state index contributed by atoms with van der Waals surface area (Å²) in [6.07, 6.45) is -8.17. The topological polar surface area (TPSA) is 37.3 Å². The van der Waals surface area contributed by atoms with Crippen molar-refractivity contribution in [3.8, 4) is 0 Å². The number of hydrogen-bond donors (Lipinski definition) is 1. The third kappa shape index (κ3) is 5.76. The van der Waals surface area contributed by atoms with E-state index >= 15 is 0 Å². The lowest BCUT2D eigenvalue weighted by molar-refractivity contribution is -0.139. The van der Waals surface area contributed by atoms with E-state index in [0.717, 1.165) is 24.3 Å². The zero-order valence-corrected chi connectivity index (χ0v) is 17.8. The Kier molecular flexibility index (Phi) is 7.12. The van der Waals surface area contributed by atoms with Crippen LogP contribution < -0.4 is 0 Å². The van der Waals surface area contributed by atoms with Gasteiger partial charge in [-0.2, -0.15) is 26.3 Å². The van der Waals surface area contributed by atoms with Crippen LogP contribution in [0.3, 0.4) is 0 Å². The van der Waals surface area contributed by atoms with Gasteiger partial charge in [0, 0.05) is 8.95 Å². The summed E-state index contributed by atoms with van der Waals surface area (Å²) in [6.45, 7) is 0. The Morgan fingerprint density at radius 3 is 2.03 bits per heavy atom. The fourth-order valence-electron chi connectivity index (χ4n) is 2.46. The van der Waals surface area contributed by atoms with Crippen molar-refractivity contribution in [2.24, 2.45) is 0 Å². The van der Waals surface area contributed by atoms with Crippen LogP contribution >= 0.6 is 43.5 Å². The second kappa shape index (κ2) is 8.69. The minimum Gasteiger partial charge on any atom is -0.478 e. The molecule has 156 valence electrons. The van der Waals surface area contributed by atoms with E-state index in [2.05, 4.69) is 31.9 Å². The number of benzene rings is 2. The maximum absolute atomic E-state index is 13.5. The zero-order valence-electron chi connectivity index (χ0n) is 13.9. The molecule has 0 radical (unpaired) electrons. The van der Waals surface area contributed by atoms with Crippen molar-refractivity contribution in [2.45, 2.75) is 18.3 Å². The lowest BCUT2D eigenvalue weighted by Gasteiger charge is -2.19. The van der Waals surface area contributed by atoms with Crippen LogP contribution in [0.4, 0.5) is 26.3 Å². The van der Waals surface area contributed by atoms with Crippen LogP contribution in [0.1, 0.15) is 33.0 Å². The molecular weight excluding hydrogens is 557 g/mol. The second-order valence-corrected chi connectivity index (χ2v) is 7.87. The zero-order chi connectivity index (χ0) is 22.1. The number of halogens is 9. The summed E-state index contributed by atoms with van der Waals surface area (Å²) in [6, 6.07) is 4.49. The van der Waals surface area contributed by atoms with Crippen molar-refractivity contribution in [1.82, 2.24) is 0 Å². The molecular formula is C18H9Br2ClF6O2. The minimum atomic E-state index is -4.98. The lowest BCUT2D eigenvalue weighted by atomic mass is 9.96. The Morgan fingerprint density at radius 2 is 1.59 bits per heavy atom. The average Bonchev–Trinajstić information content (AvgIpc) is 2.57. The molecule has 0 saturated carbocycles. The SMILES string of the molecule is O=C(O)c1ccc(/C=C/C(c2cc(Br)c(Cl)c(Br)c2)C(F)(F)F)cc1C(F)(F)F. The van der Waals surface area contributed by atoms with Gasteiger partial charge in [-0.05, 0) is 67.3 Å². The molecule has 0 spiro atoms. The fourth-order valence-corrected chi connectivity index (χ4v) is 3.79. The number of hydrogen-bond acceptors (Lipinski definition) is 1. The maximum atomic E-state index is 13.5. The van der Waals surface area contributed by atoms with E-state index in [0.29, 0.717) is 18.2 Å². The van der Waals surface area contributed by atoms with Gasteiger partial charge in [0.05, 0.1) is 22.1 Å².